The summed E-state index contributed by atoms with van der Waals surface area (Å²) in [6.07, 6.45) is 0.997. The van der Waals surface area contributed by atoms with Crippen LogP contribution in [-0.4, -0.2) is 12.4 Å². The lowest BCUT2D eigenvalue weighted by atomic mass is 9.93. The quantitative estimate of drug-likeness (QED) is 0.621. The Hall–Kier alpha value is -1.51. The molecule has 0 aliphatic rings. The Morgan fingerprint density at radius 3 is 2.53 bits per heavy atom. The number of hydrogen-bond donors (Lipinski definition) is 2. The lowest BCUT2D eigenvalue weighted by Gasteiger charge is -2.19. The molecule has 0 amide bonds. The zero-order valence-corrected chi connectivity index (χ0v) is 11.1. The van der Waals surface area contributed by atoms with Gasteiger partial charge in [0.15, 0.2) is 0 Å². The molecule has 94 valence electrons. The highest BCUT2D eigenvalue weighted by Crippen LogP contribution is 2.22. The maximum absolute atomic E-state index is 7.40. The number of rotatable bonds is 4. The maximum atomic E-state index is 7.40. The molecule has 0 spiro atoms. The minimum Gasteiger partial charge on any atom is -0.493 e. The predicted octanol–water partition coefficient (Wildman–Crippen LogP) is 3.09. The molecule has 0 unspecified atom stereocenters. The molecular weight excluding hydrogens is 212 g/mol. The van der Waals surface area contributed by atoms with Gasteiger partial charge < -0.3 is 10.5 Å². The fraction of sp³-hybridized carbons (Fsp3) is 0.500. The van der Waals surface area contributed by atoms with Gasteiger partial charge in [0.05, 0.1) is 6.61 Å². The standard InChI is InChI=1S/C14H22N2O/c1-10-5-6-11(13(15)16)9-12(10)17-8-7-14(2,3)4/h5-6,9H,7-8H2,1-4H3,(H3,15,16). The Balaban J connectivity index is 2.70. The minimum absolute atomic E-state index is 0.0747. The molecule has 17 heavy (non-hydrogen) atoms. The van der Waals surface area contributed by atoms with Gasteiger partial charge in [-0.15, -0.1) is 0 Å². The van der Waals surface area contributed by atoms with E-state index in [2.05, 4.69) is 20.8 Å². The van der Waals surface area contributed by atoms with Crippen molar-refractivity contribution in [2.75, 3.05) is 6.61 Å². The Bertz CT molecular complexity index is 405. The number of amidine groups is 1. The van der Waals surface area contributed by atoms with Crippen molar-refractivity contribution >= 4 is 5.84 Å². The first-order valence-corrected chi connectivity index (χ1v) is 5.87. The molecule has 1 aromatic carbocycles. The van der Waals surface area contributed by atoms with Crippen LogP contribution in [0.15, 0.2) is 18.2 Å². The van der Waals surface area contributed by atoms with E-state index in [-0.39, 0.29) is 11.3 Å². The van der Waals surface area contributed by atoms with Crippen molar-refractivity contribution in [3.05, 3.63) is 29.3 Å². The van der Waals surface area contributed by atoms with Crippen LogP contribution >= 0.6 is 0 Å². The minimum atomic E-state index is 0.0747. The predicted molar refractivity (Wildman–Crippen MR) is 71.8 cm³/mol. The number of ether oxygens (including phenoxy) is 1. The Kier molecular flexibility index (Phi) is 4.16. The van der Waals surface area contributed by atoms with Crippen molar-refractivity contribution in [1.82, 2.24) is 0 Å². The molecule has 0 saturated carbocycles. The summed E-state index contributed by atoms with van der Waals surface area (Å²) in [6.45, 7) is 9.25. The number of benzene rings is 1. The Morgan fingerprint density at radius 1 is 1.35 bits per heavy atom. The number of nitrogens with two attached hydrogens (primary N) is 1. The third-order valence-electron chi connectivity index (χ3n) is 2.61. The van der Waals surface area contributed by atoms with E-state index in [0.29, 0.717) is 12.2 Å². The first-order chi connectivity index (χ1) is 7.79. The van der Waals surface area contributed by atoms with Gasteiger partial charge in [-0.05, 0) is 30.4 Å². The van der Waals surface area contributed by atoms with Crippen molar-refractivity contribution in [3.63, 3.8) is 0 Å². The van der Waals surface area contributed by atoms with Crippen LogP contribution in [0, 0.1) is 17.7 Å². The molecule has 3 nitrogen and oxygen atoms in total. The number of nitrogen functional groups attached to an aromatic ring is 1. The summed E-state index contributed by atoms with van der Waals surface area (Å²) in [5.41, 5.74) is 7.51. The second-order valence-electron chi connectivity index (χ2n) is 5.55. The SMILES string of the molecule is Cc1ccc(C(=N)N)cc1OCCC(C)(C)C. The Morgan fingerprint density at radius 2 is 2.00 bits per heavy atom. The molecule has 0 aromatic heterocycles. The molecule has 1 aromatic rings. The fourth-order valence-electron chi connectivity index (χ4n) is 1.39. The normalized spacial score (nSPS) is 11.3. The third-order valence-corrected chi connectivity index (χ3v) is 2.61. The highest BCUT2D eigenvalue weighted by atomic mass is 16.5. The molecule has 0 bridgehead atoms. The highest BCUT2D eigenvalue weighted by Gasteiger charge is 2.11. The topological polar surface area (TPSA) is 59.1 Å². The van der Waals surface area contributed by atoms with E-state index < -0.39 is 0 Å². The molecule has 3 N–H and O–H groups in total. The van der Waals surface area contributed by atoms with Gasteiger partial charge in [0, 0.05) is 5.56 Å². The zero-order chi connectivity index (χ0) is 13.1. The van der Waals surface area contributed by atoms with Crippen LogP contribution in [0.4, 0.5) is 0 Å². The molecule has 0 atom stereocenters. The van der Waals surface area contributed by atoms with E-state index >= 15 is 0 Å². The van der Waals surface area contributed by atoms with E-state index in [1.165, 1.54) is 0 Å². The number of nitrogens with one attached hydrogen (secondary N) is 1. The summed E-state index contributed by atoms with van der Waals surface area (Å²) < 4.78 is 5.75. The summed E-state index contributed by atoms with van der Waals surface area (Å²) in [7, 11) is 0. The van der Waals surface area contributed by atoms with E-state index in [4.69, 9.17) is 15.9 Å². The van der Waals surface area contributed by atoms with Gasteiger partial charge in [0.2, 0.25) is 0 Å². The van der Waals surface area contributed by atoms with Crippen molar-refractivity contribution in [2.24, 2.45) is 11.1 Å². The maximum Gasteiger partial charge on any atom is 0.122 e. The van der Waals surface area contributed by atoms with Crippen LogP contribution in [0.3, 0.4) is 0 Å². The van der Waals surface area contributed by atoms with Crippen molar-refractivity contribution < 1.29 is 4.74 Å². The van der Waals surface area contributed by atoms with Crippen molar-refractivity contribution in [2.45, 2.75) is 34.1 Å². The van der Waals surface area contributed by atoms with Crippen molar-refractivity contribution in [3.8, 4) is 5.75 Å². The lowest BCUT2D eigenvalue weighted by Crippen LogP contribution is -2.13. The van der Waals surface area contributed by atoms with Crippen molar-refractivity contribution in [1.29, 1.82) is 5.41 Å². The first-order valence-electron chi connectivity index (χ1n) is 5.87. The van der Waals surface area contributed by atoms with Gasteiger partial charge in [-0.25, -0.2) is 0 Å². The molecule has 0 aliphatic heterocycles. The fourth-order valence-corrected chi connectivity index (χ4v) is 1.39. The highest BCUT2D eigenvalue weighted by molar-refractivity contribution is 5.95. The third kappa shape index (κ3) is 4.47. The van der Waals surface area contributed by atoms with Crippen LogP contribution in [0.5, 0.6) is 5.75 Å². The molecular formula is C14H22N2O. The summed E-state index contributed by atoms with van der Waals surface area (Å²) in [5.74, 6) is 0.896. The summed E-state index contributed by atoms with van der Waals surface area (Å²) in [5, 5.41) is 7.40. The van der Waals surface area contributed by atoms with E-state index in [9.17, 15) is 0 Å². The monoisotopic (exact) mass is 234 g/mol. The molecule has 3 heteroatoms. The van der Waals surface area contributed by atoms with Gasteiger partial charge in [-0.3, -0.25) is 5.41 Å². The van der Waals surface area contributed by atoms with E-state index in [1.54, 1.807) is 0 Å². The van der Waals surface area contributed by atoms with Gasteiger partial charge in [0.1, 0.15) is 11.6 Å². The largest absolute Gasteiger partial charge is 0.493 e. The second kappa shape index (κ2) is 5.21. The van der Waals surface area contributed by atoms with Crippen LogP contribution in [0.2, 0.25) is 0 Å². The average molecular weight is 234 g/mol. The van der Waals surface area contributed by atoms with Crippen LogP contribution in [-0.2, 0) is 0 Å². The first kappa shape index (κ1) is 13.6. The molecule has 1 rings (SSSR count). The number of aryl methyl sites for hydroxylation is 1. The summed E-state index contributed by atoms with van der Waals surface area (Å²) in [6, 6.07) is 5.61. The summed E-state index contributed by atoms with van der Waals surface area (Å²) >= 11 is 0. The lowest BCUT2D eigenvalue weighted by molar-refractivity contribution is 0.242. The average Bonchev–Trinajstić information content (AvgIpc) is 2.18. The van der Waals surface area contributed by atoms with Gasteiger partial charge in [-0.1, -0.05) is 32.9 Å². The smallest absolute Gasteiger partial charge is 0.122 e. The second-order valence-corrected chi connectivity index (χ2v) is 5.55. The van der Waals surface area contributed by atoms with Crippen LogP contribution in [0.1, 0.15) is 38.3 Å². The van der Waals surface area contributed by atoms with E-state index in [1.807, 2.05) is 25.1 Å². The van der Waals surface area contributed by atoms with Crippen LogP contribution in [0.25, 0.3) is 0 Å². The summed E-state index contributed by atoms with van der Waals surface area (Å²) in [4.78, 5) is 0. The molecule has 0 radical (unpaired) electrons. The number of hydrogen-bond acceptors (Lipinski definition) is 2. The molecule has 0 saturated heterocycles. The van der Waals surface area contributed by atoms with Gasteiger partial charge in [-0.2, -0.15) is 0 Å². The zero-order valence-electron chi connectivity index (χ0n) is 11.1. The van der Waals surface area contributed by atoms with Gasteiger partial charge in [0.25, 0.3) is 0 Å². The Labute approximate surface area is 103 Å². The molecule has 0 heterocycles. The van der Waals surface area contributed by atoms with Gasteiger partial charge >= 0.3 is 0 Å². The molecule has 0 aliphatic carbocycles. The molecule has 0 fully saturated rings. The van der Waals surface area contributed by atoms with Crippen LogP contribution < -0.4 is 10.5 Å². The van der Waals surface area contributed by atoms with E-state index in [0.717, 1.165) is 17.7 Å².